The van der Waals surface area contributed by atoms with Crippen LogP contribution in [0.25, 0.3) is 33.3 Å². The lowest BCUT2D eigenvalue weighted by atomic mass is 10.1. The van der Waals surface area contributed by atoms with Gasteiger partial charge in [-0.1, -0.05) is 12.1 Å². The number of anilines is 1. The van der Waals surface area contributed by atoms with Gasteiger partial charge in [0.1, 0.15) is 17.0 Å². The van der Waals surface area contributed by atoms with Crippen LogP contribution in [0.2, 0.25) is 0 Å². The Labute approximate surface area is 149 Å². The van der Waals surface area contributed by atoms with E-state index in [2.05, 4.69) is 41.0 Å². The van der Waals surface area contributed by atoms with E-state index in [0.29, 0.717) is 11.0 Å². The molecule has 3 heterocycles. The van der Waals surface area contributed by atoms with E-state index in [0.717, 1.165) is 33.8 Å². The third-order valence-electron chi connectivity index (χ3n) is 4.08. The van der Waals surface area contributed by atoms with Gasteiger partial charge in [0.15, 0.2) is 0 Å². The van der Waals surface area contributed by atoms with Crippen LogP contribution in [0.5, 0.6) is 0 Å². The van der Waals surface area contributed by atoms with Crippen LogP contribution in [0, 0.1) is 6.92 Å². The maximum atomic E-state index is 12.0. The van der Waals surface area contributed by atoms with Crippen LogP contribution >= 0.6 is 0 Å². The number of hydrogen-bond donors (Lipinski definition) is 3. The molecule has 3 aromatic heterocycles. The number of nitrogens with one attached hydrogen (secondary N) is 3. The van der Waals surface area contributed by atoms with Crippen LogP contribution in [0.4, 0.5) is 5.82 Å². The first-order valence-corrected chi connectivity index (χ1v) is 8.44. The first kappa shape index (κ1) is 16.3. The number of benzene rings is 1. The molecule has 4 rings (SSSR count). The molecule has 0 aliphatic heterocycles. The molecular weight excluding hydrogens is 328 g/mol. The Morgan fingerprint density at radius 3 is 2.69 bits per heavy atom. The fourth-order valence-electron chi connectivity index (χ4n) is 2.95. The van der Waals surface area contributed by atoms with Gasteiger partial charge in [0, 0.05) is 11.1 Å². The predicted molar refractivity (Wildman–Crippen MR) is 103 cm³/mol. The summed E-state index contributed by atoms with van der Waals surface area (Å²) in [5.74, 6) is 0.754. The highest BCUT2D eigenvalue weighted by atomic mass is 16.1. The average Bonchev–Trinajstić information content (AvgIpc) is 2.99. The van der Waals surface area contributed by atoms with E-state index in [1.807, 2.05) is 25.1 Å². The zero-order valence-electron chi connectivity index (χ0n) is 15.1. The van der Waals surface area contributed by atoms with E-state index in [4.69, 9.17) is 9.97 Å². The minimum absolute atomic E-state index is 0.125. The average molecular weight is 348 g/mol. The van der Waals surface area contributed by atoms with E-state index in [1.165, 1.54) is 6.33 Å². The standard InChI is InChI=1S/C19H20N6O/c1-10-16(25-19(2,3)4)24-15-11(6-5-7-13(15)22-10)14-8-12-17(23-14)20-9-21-18(12)26/h5-9H,1-4H3,(H,24,25)(H2,20,21,23,26). The molecule has 0 fully saturated rings. The number of aryl methyl sites for hydroxylation is 1. The minimum Gasteiger partial charge on any atom is -0.364 e. The van der Waals surface area contributed by atoms with Gasteiger partial charge in [-0.05, 0) is 39.8 Å². The summed E-state index contributed by atoms with van der Waals surface area (Å²) in [7, 11) is 0. The van der Waals surface area contributed by atoms with E-state index < -0.39 is 0 Å². The van der Waals surface area contributed by atoms with Gasteiger partial charge in [0.2, 0.25) is 0 Å². The van der Waals surface area contributed by atoms with E-state index in [1.54, 1.807) is 6.07 Å². The van der Waals surface area contributed by atoms with Gasteiger partial charge in [0.05, 0.1) is 28.6 Å². The number of hydrogen-bond acceptors (Lipinski definition) is 5. The second-order valence-electron chi connectivity index (χ2n) is 7.38. The van der Waals surface area contributed by atoms with E-state index >= 15 is 0 Å². The number of aromatic amines is 2. The zero-order chi connectivity index (χ0) is 18.5. The Morgan fingerprint density at radius 1 is 1.15 bits per heavy atom. The smallest absolute Gasteiger partial charge is 0.260 e. The van der Waals surface area contributed by atoms with Gasteiger partial charge in [-0.15, -0.1) is 0 Å². The van der Waals surface area contributed by atoms with E-state index in [9.17, 15) is 4.79 Å². The number of rotatable bonds is 2. The fourth-order valence-corrected chi connectivity index (χ4v) is 2.95. The SMILES string of the molecule is Cc1nc2cccc(-c3cc4c(=O)[nH]cnc4[nH]3)c2nc1NC(C)(C)C. The van der Waals surface area contributed by atoms with Crippen molar-refractivity contribution in [1.82, 2.24) is 24.9 Å². The highest BCUT2D eigenvalue weighted by Gasteiger charge is 2.16. The Morgan fingerprint density at radius 2 is 1.96 bits per heavy atom. The molecule has 1 aromatic carbocycles. The van der Waals surface area contributed by atoms with Crippen LogP contribution in [0.1, 0.15) is 26.5 Å². The maximum absolute atomic E-state index is 12.0. The van der Waals surface area contributed by atoms with Crippen molar-refractivity contribution in [1.29, 1.82) is 0 Å². The first-order valence-electron chi connectivity index (χ1n) is 8.44. The predicted octanol–water partition coefficient (Wildman–Crippen LogP) is 3.38. The summed E-state index contributed by atoms with van der Waals surface area (Å²) in [6.07, 6.45) is 1.39. The van der Waals surface area contributed by atoms with Crippen molar-refractivity contribution in [3.63, 3.8) is 0 Å². The summed E-state index contributed by atoms with van der Waals surface area (Å²) in [5.41, 5.74) is 4.34. The van der Waals surface area contributed by atoms with Gasteiger partial charge >= 0.3 is 0 Å². The van der Waals surface area contributed by atoms with Gasteiger partial charge in [0.25, 0.3) is 5.56 Å². The van der Waals surface area contributed by atoms with Crippen LogP contribution in [-0.4, -0.2) is 30.5 Å². The van der Waals surface area contributed by atoms with Crippen molar-refractivity contribution < 1.29 is 0 Å². The molecule has 0 bridgehead atoms. The molecule has 7 nitrogen and oxygen atoms in total. The quantitative estimate of drug-likeness (QED) is 0.516. The van der Waals surface area contributed by atoms with Crippen molar-refractivity contribution in [2.45, 2.75) is 33.2 Å². The van der Waals surface area contributed by atoms with Crippen LogP contribution in [-0.2, 0) is 0 Å². The summed E-state index contributed by atoms with van der Waals surface area (Å²) < 4.78 is 0. The summed E-state index contributed by atoms with van der Waals surface area (Å²) in [6.45, 7) is 8.19. The van der Waals surface area contributed by atoms with Gasteiger partial charge in [-0.25, -0.2) is 15.0 Å². The highest BCUT2D eigenvalue weighted by molar-refractivity contribution is 5.94. The van der Waals surface area contributed by atoms with Crippen LogP contribution in [0.15, 0.2) is 35.4 Å². The second kappa shape index (κ2) is 5.66. The topological polar surface area (TPSA) is 99.4 Å². The molecule has 0 aliphatic carbocycles. The van der Waals surface area contributed by atoms with Crippen LogP contribution in [0.3, 0.4) is 0 Å². The summed E-state index contributed by atoms with van der Waals surface area (Å²) in [5, 5.41) is 3.93. The largest absolute Gasteiger partial charge is 0.364 e. The Hall–Kier alpha value is -3.22. The molecule has 0 unspecified atom stereocenters. The summed E-state index contributed by atoms with van der Waals surface area (Å²) in [4.78, 5) is 31.5. The van der Waals surface area contributed by atoms with Gasteiger partial charge in [-0.3, -0.25) is 4.79 Å². The molecule has 0 spiro atoms. The van der Waals surface area contributed by atoms with Crippen LogP contribution < -0.4 is 10.9 Å². The Bertz CT molecular complexity index is 1180. The third kappa shape index (κ3) is 2.81. The highest BCUT2D eigenvalue weighted by Crippen LogP contribution is 2.29. The molecule has 0 atom stereocenters. The third-order valence-corrected chi connectivity index (χ3v) is 4.08. The minimum atomic E-state index is -0.172. The number of nitrogens with zero attached hydrogens (tertiary/aromatic N) is 3. The molecule has 0 saturated carbocycles. The van der Waals surface area contributed by atoms with Crippen molar-refractivity contribution in [2.24, 2.45) is 0 Å². The Balaban J connectivity index is 1.95. The summed E-state index contributed by atoms with van der Waals surface area (Å²) in [6, 6.07) is 7.64. The molecule has 0 saturated heterocycles. The van der Waals surface area contributed by atoms with E-state index in [-0.39, 0.29) is 11.1 Å². The maximum Gasteiger partial charge on any atom is 0.260 e. The molecule has 7 heteroatoms. The van der Waals surface area contributed by atoms with Gasteiger partial charge in [-0.2, -0.15) is 0 Å². The van der Waals surface area contributed by atoms with Crippen molar-refractivity contribution >= 4 is 27.9 Å². The molecule has 0 aliphatic rings. The van der Waals surface area contributed by atoms with Gasteiger partial charge < -0.3 is 15.3 Å². The molecule has 0 radical (unpaired) electrons. The first-order chi connectivity index (χ1) is 12.3. The van der Waals surface area contributed by atoms with Crippen molar-refractivity contribution in [2.75, 3.05) is 5.32 Å². The van der Waals surface area contributed by atoms with Crippen molar-refractivity contribution in [3.8, 4) is 11.3 Å². The molecule has 132 valence electrons. The Kier molecular flexibility index (Phi) is 3.54. The normalized spacial score (nSPS) is 12.0. The number of para-hydroxylation sites is 1. The molecule has 4 aromatic rings. The molecule has 26 heavy (non-hydrogen) atoms. The summed E-state index contributed by atoms with van der Waals surface area (Å²) >= 11 is 0. The lowest BCUT2D eigenvalue weighted by Gasteiger charge is -2.22. The monoisotopic (exact) mass is 348 g/mol. The lowest BCUT2D eigenvalue weighted by Crippen LogP contribution is -2.27. The number of aromatic nitrogens is 5. The zero-order valence-corrected chi connectivity index (χ0v) is 15.1. The molecule has 3 N–H and O–H groups in total. The number of fused-ring (bicyclic) bond motifs is 2. The fraction of sp³-hybridized carbons (Fsp3) is 0.263. The molecular formula is C19H20N6O. The van der Waals surface area contributed by atoms with Crippen molar-refractivity contribution in [3.05, 3.63) is 46.6 Å². The lowest BCUT2D eigenvalue weighted by molar-refractivity contribution is 0.629. The number of H-pyrrole nitrogens is 2. The second-order valence-corrected chi connectivity index (χ2v) is 7.38. The molecule has 0 amide bonds.